The third-order valence-corrected chi connectivity index (χ3v) is 2.65. The van der Waals surface area contributed by atoms with E-state index in [1.807, 2.05) is 11.5 Å². The molecule has 1 N–H and O–H groups in total. The number of aliphatic carboxylic acids is 1. The molecule has 1 aromatic rings. The number of aromatic nitrogens is 2. The Bertz CT molecular complexity index is 343. The quantitative estimate of drug-likeness (QED) is 0.696. The van der Waals surface area contributed by atoms with Crippen molar-refractivity contribution in [1.29, 1.82) is 0 Å². The van der Waals surface area contributed by atoms with Crippen molar-refractivity contribution in [2.24, 2.45) is 5.92 Å². The summed E-state index contributed by atoms with van der Waals surface area (Å²) in [6, 6.07) is 0. The molecule has 0 radical (unpaired) electrons. The molecule has 1 aliphatic rings. The normalized spacial score (nSPS) is 21.2. The van der Waals surface area contributed by atoms with Gasteiger partial charge < -0.3 is 9.67 Å². The van der Waals surface area contributed by atoms with E-state index in [2.05, 4.69) is 4.98 Å². The van der Waals surface area contributed by atoms with Gasteiger partial charge in [0.05, 0.1) is 17.9 Å². The molecule has 2 heterocycles. The van der Waals surface area contributed by atoms with Gasteiger partial charge in [0.2, 0.25) is 0 Å². The van der Waals surface area contributed by atoms with Crippen LogP contribution in [0.4, 0.5) is 0 Å². The van der Waals surface area contributed by atoms with Gasteiger partial charge in [0.25, 0.3) is 0 Å². The van der Waals surface area contributed by atoms with E-state index in [4.69, 9.17) is 5.11 Å². The zero-order valence-corrected chi connectivity index (χ0v) is 7.53. The lowest BCUT2D eigenvalue weighted by Gasteiger charge is -2.20. The summed E-state index contributed by atoms with van der Waals surface area (Å²) in [4.78, 5) is 14.9. The van der Waals surface area contributed by atoms with E-state index in [0.29, 0.717) is 6.54 Å². The topological polar surface area (TPSA) is 55.1 Å². The number of carboxylic acids is 1. The molecule has 4 heteroatoms. The average Bonchev–Trinajstić information content (AvgIpc) is 2.47. The van der Waals surface area contributed by atoms with Crippen LogP contribution in [-0.2, 0) is 17.8 Å². The van der Waals surface area contributed by atoms with Gasteiger partial charge in [-0.15, -0.1) is 0 Å². The third kappa shape index (κ3) is 1.32. The average molecular weight is 180 g/mol. The first-order valence-corrected chi connectivity index (χ1v) is 4.42. The van der Waals surface area contributed by atoms with Crippen LogP contribution >= 0.6 is 0 Å². The van der Waals surface area contributed by atoms with Gasteiger partial charge in [0, 0.05) is 12.2 Å². The number of hydrogen-bond donors (Lipinski definition) is 1. The van der Waals surface area contributed by atoms with Crippen LogP contribution in [0, 0.1) is 12.8 Å². The van der Waals surface area contributed by atoms with Gasteiger partial charge in [-0.2, -0.15) is 0 Å². The van der Waals surface area contributed by atoms with Crippen LogP contribution in [0.1, 0.15) is 17.8 Å². The molecule has 4 nitrogen and oxygen atoms in total. The molecule has 0 bridgehead atoms. The van der Waals surface area contributed by atoms with Gasteiger partial charge in [-0.1, -0.05) is 0 Å². The highest BCUT2D eigenvalue weighted by Gasteiger charge is 2.24. The summed E-state index contributed by atoms with van der Waals surface area (Å²) in [5.41, 5.74) is 2.22. The van der Waals surface area contributed by atoms with Crippen molar-refractivity contribution in [2.75, 3.05) is 0 Å². The van der Waals surface area contributed by atoms with Crippen LogP contribution < -0.4 is 0 Å². The second kappa shape index (κ2) is 2.87. The molecule has 1 aliphatic heterocycles. The lowest BCUT2D eigenvalue weighted by atomic mass is 9.97. The minimum absolute atomic E-state index is 0.235. The Balaban J connectivity index is 2.25. The first kappa shape index (κ1) is 8.29. The molecule has 1 aromatic heterocycles. The van der Waals surface area contributed by atoms with Gasteiger partial charge >= 0.3 is 5.97 Å². The summed E-state index contributed by atoms with van der Waals surface area (Å²) in [6.45, 7) is 2.54. The Morgan fingerprint density at radius 2 is 2.54 bits per heavy atom. The van der Waals surface area contributed by atoms with Crippen molar-refractivity contribution in [3.63, 3.8) is 0 Å². The molecule has 0 saturated carbocycles. The van der Waals surface area contributed by atoms with E-state index >= 15 is 0 Å². The van der Waals surface area contributed by atoms with Gasteiger partial charge in [0.15, 0.2) is 0 Å². The summed E-state index contributed by atoms with van der Waals surface area (Å²) in [5, 5.41) is 8.84. The summed E-state index contributed by atoms with van der Waals surface area (Å²) in [7, 11) is 0. The maximum atomic E-state index is 10.7. The van der Waals surface area contributed by atoms with Crippen LogP contribution in [0.3, 0.4) is 0 Å². The highest BCUT2D eigenvalue weighted by Crippen LogP contribution is 2.21. The van der Waals surface area contributed by atoms with Crippen molar-refractivity contribution in [3.8, 4) is 0 Å². The van der Waals surface area contributed by atoms with Crippen LogP contribution in [0.25, 0.3) is 0 Å². The fraction of sp³-hybridized carbons (Fsp3) is 0.556. The molecule has 0 aromatic carbocycles. The van der Waals surface area contributed by atoms with Crippen molar-refractivity contribution < 1.29 is 9.90 Å². The number of carboxylic acid groups (broad SMARTS) is 1. The fourth-order valence-electron chi connectivity index (χ4n) is 1.83. The molecule has 0 saturated heterocycles. The Morgan fingerprint density at radius 3 is 3.23 bits per heavy atom. The largest absolute Gasteiger partial charge is 0.481 e. The van der Waals surface area contributed by atoms with E-state index in [9.17, 15) is 4.79 Å². The Labute approximate surface area is 76.2 Å². The standard InChI is InChI=1S/C9H12N2O2/c1-6-8-3-2-7(9(12)13)4-11(8)5-10-6/h5,7H,2-4H2,1H3,(H,12,13). The third-order valence-electron chi connectivity index (χ3n) is 2.65. The molecule has 0 spiro atoms. The highest BCUT2D eigenvalue weighted by molar-refractivity contribution is 5.70. The first-order chi connectivity index (χ1) is 6.18. The van der Waals surface area contributed by atoms with Gasteiger partial charge in [0.1, 0.15) is 0 Å². The minimum Gasteiger partial charge on any atom is -0.481 e. The zero-order chi connectivity index (χ0) is 9.42. The summed E-state index contributed by atoms with van der Waals surface area (Å²) in [5.74, 6) is -0.932. The van der Waals surface area contributed by atoms with Crippen LogP contribution in [0.2, 0.25) is 0 Å². The SMILES string of the molecule is Cc1ncn2c1CCC(C(=O)O)C2. The van der Waals surface area contributed by atoms with Crippen molar-refractivity contribution in [2.45, 2.75) is 26.3 Å². The smallest absolute Gasteiger partial charge is 0.308 e. The number of aryl methyl sites for hydroxylation is 1. The summed E-state index contributed by atoms with van der Waals surface area (Å²) in [6.07, 6.45) is 3.31. The predicted octanol–water partition coefficient (Wildman–Crippen LogP) is 0.839. The molecular weight excluding hydrogens is 168 g/mol. The Kier molecular flexibility index (Phi) is 1.83. The van der Waals surface area contributed by atoms with E-state index in [0.717, 1.165) is 18.5 Å². The maximum absolute atomic E-state index is 10.7. The van der Waals surface area contributed by atoms with Gasteiger partial charge in [-0.3, -0.25) is 4.79 Å². The summed E-state index contributed by atoms with van der Waals surface area (Å²) < 4.78 is 1.96. The van der Waals surface area contributed by atoms with Crippen LogP contribution in [0.15, 0.2) is 6.33 Å². The van der Waals surface area contributed by atoms with Gasteiger partial charge in [-0.05, 0) is 19.8 Å². The van der Waals surface area contributed by atoms with Crippen LogP contribution in [-0.4, -0.2) is 20.6 Å². The number of fused-ring (bicyclic) bond motifs is 1. The number of hydrogen-bond acceptors (Lipinski definition) is 2. The molecule has 0 fully saturated rings. The molecule has 13 heavy (non-hydrogen) atoms. The van der Waals surface area contributed by atoms with Crippen molar-refractivity contribution >= 4 is 5.97 Å². The number of imidazole rings is 1. The highest BCUT2D eigenvalue weighted by atomic mass is 16.4. The molecule has 0 amide bonds. The van der Waals surface area contributed by atoms with E-state index in [1.54, 1.807) is 6.33 Å². The van der Waals surface area contributed by atoms with E-state index in [1.165, 1.54) is 5.69 Å². The summed E-state index contributed by atoms with van der Waals surface area (Å²) >= 11 is 0. The fourth-order valence-corrected chi connectivity index (χ4v) is 1.83. The Hall–Kier alpha value is -1.32. The molecule has 0 aliphatic carbocycles. The lowest BCUT2D eigenvalue weighted by molar-refractivity contribution is -0.142. The van der Waals surface area contributed by atoms with E-state index in [-0.39, 0.29) is 5.92 Å². The number of carbonyl (C=O) groups is 1. The molecule has 1 unspecified atom stereocenters. The first-order valence-electron chi connectivity index (χ1n) is 4.42. The molecule has 2 rings (SSSR count). The maximum Gasteiger partial charge on any atom is 0.308 e. The molecular formula is C9H12N2O2. The Morgan fingerprint density at radius 1 is 1.77 bits per heavy atom. The van der Waals surface area contributed by atoms with Crippen LogP contribution in [0.5, 0.6) is 0 Å². The molecule has 70 valence electrons. The second-order valence-electron chi connectivity index (χ2n) is 3.50. The van der Waals surface area contributed by atoms with Crippen molar-refractivity contribution in [3.05, 3.63) is 17.7 Å². The zero-order valence-electron chi connectivity index (χ0n) is 7.53. The van der Waals surface area contributed by atoms with E-state index < -0.39 is 5.97 Å². The monoisotopic (exact) mass is 180 g/mol. The number of nitrogens with zero attached hydrogens (tertiary/aromatic N) is 2. The molecule has 1 atom stereocenters. The lowest BCUT2D eigenvalue weighted by Crippen LogP contribution is -2.26. The van der Waals surface area contributed by atoms with Gasteiger partial charge in [-0.25, -0.2) is 4.98 Å². The second-order valence-corrected chi connectivity index (χ2v) is 3.50. The van der Waals surface area contributed by atoms with Crippen molar-refractivity contribution in [1.82, 2.24) is 9.55 Å². The predicted molar refractivity (Wildman–Crippen MR) is 46.4 cm³/mol. The minimum atomic E-state index is -0.697. The number of rotatable bonds is 1.